The van der Waals surface area contributed by atoms with Gasteiger partial charge in [-0.05, 0) is 12.5 Å². The van der Waals surface area contributed by atoms with Crippen molar-refractivity contribution in [3.05, 3.63) is 35.9 Å². The predicted molar refractivity (Wildman–Crippen MR) is 60.9 cm³/mol. The van der Waals surface area contributed by atoms with Crippen LogP contribution in [0.2, 0.25) is 0 Å². The molecule has 1 aromatic rings. The molecule has 3 rings (SSSR count). The van der Waals surface area contributed by atoms with Crippen molar-refractivity contribution in [2.75, 3.05) is 19.7 Å². The Morgan fingerprint density at radius 1 is 1.38 bits per heavy atom. The van der Waals surface area contributed by atoms with E-state index >= 15 is 0 Å². The fourth-order valence-corrected chi connectivity index (χ4v) is 2.54. The lowest BCUT2D eigenvalue weighted by Crippen LogP contribution is -2.49. The summed E-state index contributed by atoms with van der Waals surface area (Å²) in [5.41, 5.74) is 1.25. The summed E-state index contributed by atoms with van der Waals surface area (Å²) < 4.78 is 11.4. The Balaban J connectivity index is 1.69. The number of nitrogens with zero attached hydrogens (tertiary/aromatic N) is 1. The molecule has 2 saturated heterocycles. The second kappa shape index (κ2) is 3.84. The van der Waals surface area contributed by atoms with Gasteiger partial charge in [-0.15, -0.1) is 0 Å². The van der Waals surface area contributed by atoms with E-state index in [9.17, 15) is 0 Å². The highest BCUT2D eigenvalue weighted by Gasteiger charge is 2.43. The van der Waals surface area contributed by atoms with Crippen LogP contribution in [0.1, 0.15) is 12.5 Å². The molecule has 0 aliphatic carbocycles. The molecule has 1 aromatic carbocycles. The molecule has 2 aliphatic heterocycles. The molecular weight excluding hydrogens is 202 g/mol. The predicted octanol–water partition coefficient (Wildman–Crippen LogP) is 1.63. The van der Waals surface area contributed by atoms with Crippen LogP contribution in [0, 0.1) is 0 Å². The van der Waals surface area contributed by atoms with Crippen LogP contribution < -0.4 is 0 Å². The summed E-state index contributed by atoms with van der Waals surface area (Å²) in [5, 5.41) is 0. The highest BCUT2D eigenvalue weighted by molar-refractivity contribution is 5.14. The Hall–Kier alpha value is -0.900. The number of ether oxygens (including phenoxy) is 2. The molecule has 2 bridgehead atoms. The van der Waals surface area contributed by atoms with E-state index in [1.54, 1.807) is 0 Å². The first-order valence-electron chi connectivity index (χ1n) is 5.79. The van der Waals surface area contributed by atoms with Crippen molar-refractivity contribution in [1.82, 2.24) is 4.90 Å². The third kappa shape index (κ3) is 1.98. The second-order valence-electron chi connectivity index (χ2n) is 4.96. The normalized spacial score (nSPS) is 34.2. The molecule has 2 heterocycles. The fourth-order valence-electron chi connectivity index (χ4n) is 2.54. The maximum atomic E-state index is 5.79. The van der Waals surface area contributed by atoms with Gasteiger partial charge in [0, 0.05) is 19.6 Å². The van der Waals surface area contributed by atoms with E-state index in [4.69, 9.17) is 9.47 Å². The largest absolute Gasteiger partial charge is 0.348 e. The molecule has 3 heteroatoms. The van der Waals surface area contributed by atoms with E-state index < -0.39 is 0 Å². The van der Waals surface area contributed by atoms with Crippen LogP contribution >= 0.6 is 0 Å². The van der Waals surface area contributed by atoms with Gasteiger partial charge in [0.05, 0.1) is 6.61 Å². The molecule has 86 valence electrons. The second-order valence-corrected chi connectivity index (χ2v) is 4.96. The van der Waals surface area contributed by atoms with Crippen molar-refractivity contribution >= 4 is 0 Å². The number of hydrogen-bond acceptors (Lipinski definition) is 3. The monoisotopic (exact) mass is 219 g/mol. The Bertz CT molecular complexity index is 367. The van der Waals surface area contributed by atoms with E-state index in [0.29, 0.717) is 0 Å². The highest BCUT2D eigenvalue weighted by atomic mass is 16.7. The summed E-state index contributed by atoms with van der Waals surface area (Å²) in [6.45, 7) is 5.68. The van der Waals surface area contributed by atoms with Crippen LogP contribution in [0.4, 0.5) is 0 Å². The summed E-state index contributed by atoms with van der Waals surface area (Å²) in [5.74, 6) is 0. The van der Waals surface area contributed by atoms with Gasteiger partial charge in [-0.1, -0.05) is 30.3 Å². The maximum absolute atomic E-state index is 5.79. The zero-order valence-electron chi connectivity index (χ0n) is 9.56. The van der Waals surface area contributed by atoms with Crippen LogP contribution in [0.25, 0.3) is 0 Å². The smallest absolute Gasteiger partial charge is 0.171 e. The molecule has 2 atom stereocenters. The molecule has 0 radical (unpaired) electrons. The molecule has 3 nitrogen and oxygen atoms in total. The summed E-state index contributed by atoms with van der Waals surface area (Å²) >= 11 is 0. The van der Waals surface area contributed by atoms with E-state index in [2.05, 4.69) is 42.2 Å². The van der Waals surface area contributed by atoms with Crippen LogP contribution in [-0.4, -0.2) is 36.5 Å². The Labute approximate surface area is 96.0 Å². The van der Waals surface area contributed by atoms with Gasteiger partial charge in [-0.2, -0.15) is 0 Å². The van der Waals surface area contributed by atoms with Crippen molar-refractivity contribution < 1.29 is 9.47 Å². The molecule has 2 aliphatic rings. The van der Waals surface area contributed by atoms with Gasteiger partial charge in [0.25, 0.3) is 0 Å². The van der Waals surface area contributed by atoms with Gasteiger partial charge in [0.1, 0.15) is 5.60 Å². The van der Waals surface area contributed by atoms with Crippen LogP contribution in [0.3, 0.4) is 0 Å². The van der Waals surface area contributed by atoms with E-state index in [1.165, 1.54) is 5.56 Å². The van der Waals surface area contributed by atoms with E-state index in [1.807, 2.05) is 0 Å². The average molecular weight is 219 g/mol. The molecule has 2 fully saturated rings. The van der Waals surface area contributed by atoms with Gasteiger partial charge in [0.2, 0.25) is 0 Å². The van der Waals surface area contributed by atoms with E-state index in [0.717, 1.165) is 26.2 Å². The Morgan fingerprint density at radius 2 is 2.19 bits per heavy atom. The minimum Gasteiger partial charge on any atom is -0.348 e. The third-order valence-corrected chi connectivity index (χ3v) is 3.20. The topological polar surface area (TPSA) is 21.7 Å². The fraction of sp³-hybridized carbons (Fsp3) is 0.538. The molecule has 0 amide bonds. The number of morpholine rings is 1. The maximum Gasteiger partial charge on any atom is 0.171 e. The van der Waals surface area contributed by atoms with Crippen molar-refractivity contribution in [1.29, 1.82) is 0 Å². The lowest BCUT2D eigenvalue weighted by atomic mass is 10.1. The summed E-state index contributed by atoms with van der Waals surface area (Å²) in [4.78, 5) is 2.41. The lowest BCUT2D eigenvalue weighted by Gasteiger charge is -2.36. The van der Waals surface area contributed by atoms with Gasteiger partial charge in [0.15, 0.2) is 6.29 Å². The van der Waals surface area contributed by atoms with Crippen molar-refractivity contribution in [2.45, 2.75) is 25.4 Å². The average Bonchev–Trinajstić information content (AvgIpc) is 2.54. The first-order chi connectivity index (χ1) is 7.73. The van der Waals surface area contributed by atoms with E-state index in [-0.39, 0.29) is 11.9 Å². The molecular formula is C13H17NO2. The minimum absolute atomic E-state index is 0.0255. The number of hydrogen-bond donors (Lipinski definition) is 0. The molecule has 0 N–H and O–H groups in total. The van der Waals surface area contributed by atoms with Crippen molar-refractivity contribution in [3.63, 3.8) is 0 Å². The zero-order valence-corrected chi connectivity index (χ0v) is 9.56. The van der Waals surface area contributed by atoms with Crippen LogP contribution in [0.5, 0.6) is 0 Å². The summed E-state index contributed by atoms with van der Waals surface area (Å²) in [6.07, 6.45) is -0.0255. The first kappa shape index (κ1) is 10.3. The molecule has 0 aromatic heterocycles. The standard InChI is InChI=1S/C13H17NO2/c1-13-9-14(8-12(16-13)15-10-13)7-11-5-3-2-4-6-11/h2-6,12H,7-10H2,1H3. The highest BCUT2D eigenvalue weighted by Crippen LogP contribution is 2.29. The van der Waals surface area contributed by atoms with Gasteiger partial charge < -0.3 is 9.47 Å². The van der Waals surface area contributed by atoms with Crippen molar-refractivity contribution in [2.24, 2.45) is 0 Å². The summed E-state index contributed by atoms with van der Waals surface area (Å²) in [7, 11) is 0. The van der Waals surface area contributed by atoms with Gasteiger partial charge in [-0.3, -0.25) is 4.90 Å². The SMILES string of the molecule is CC12COC(CN(Cc3ccccc3)C1)O2. The zero-order chi connectivity index (χ0) is 11.0. The Kier molecular flexibility index (Phi) is 2.46. The first-order valence-corrected chi connectivity index (χ1v) is 5.79. The third-order valence-electron chi connectivity index (χ3n) is 3.20. The molecule has 2 unspecified atom stereocenters. The number of rotatable bonds is 2. The molecule has 16 heavy (non-hydrogen) atoms. The van der Waals surface area contributed by atoms with Gasteiger partial charge in [-0.25, -0.2) is 0 Å². The quantitative estimate of drug-likeness (QED) is 0.754. The van der Waals surface area contributed by atoms with Crippen molar-refractivity contribution in [3.8, 4) is 0 Å². The van der Waals surface area contributed by atoms with Gasteiger partial charge >= 0.3 is 0 Å². The Morgan fingerprint density at radius 3 is 2.94 bits per heavy atom. The molecule has 0 saturated carbocycles. The number of benzene rings is 1. The minimum atomic E-state index is -0.0995. The van der Waals surface area contributed by atoms with Crippen LogP contribution in [-0.2, 0) is 16.0 Å². The summed E-state index contributed by atoms with van der Waals surface area (Å²) in [6, 6.07) is 10.6. The number of fused-ring (bicyclic) bond motifs is 2. The van der Waals surface area contributed by atoms with Crippen LogP contribution in [0.15, 0.2) is 30.3 Å². The lowest BCUT2D eigenvalue weighted by molar-refractivity contribution is -0.141. The molecule has 0 spiro atoms.